The van der Waals surface area contributed by atoms with Gasteiger partial charge in [-0.05, 0) is 31.0 Å². The number of aliphatic hydroxyl groups excluding tert-OH is 1. The molecular formula is C13H14Cl3NO2. The van der Waals surface area contributed by atoms with Crippen molar-refractivity contribution in [3.05, 3.63) is 34.9 Å². The van der Waals surface area contributed by atoms with E-state index >= 15 is 0 Å². The van der Waals surface area contributed by atoms with Crippen LogP contribution in [-0.4, -0.2) is 21.9 Å². The summed E-state index contributed by atoms with van der Waals surface area (Å²) < 4.78 is -1.00. The third kappa shape index (κ3) is 3.00. The summed E-state index contributed by atoms with van der Waals surface area (Å²) in [7, 11) is 0. The molecule has 0 bridgehead atoms. The van der Waals surface area contributed by atoms with Crippen LogP contribution in [0.25, 0.3) is 0 Å². The standard InChI is InChI=1S/C13H14Cl3NO2/c1-12(7-13(12,15)16)11(19)17-6-10(18)8-3-2-4-9(14)5-8/h2-5,10,18H,6-7H2,1H3,(H,17,19)/t10-,12+/m1/s1. The van der Waals surface area contributed by atoms with Crippen molar-refractivity contribution >= 4 is 40.7 Å². The number of hydrogen-bond acceptors (Lipinski definition) is 2. The Labute approximate surface area is 126 Å². The van der Waals surface area contributed by atoms with E-state index in [-0.39, 0.29) is 12.5 Å². The number of benzene rings is 1. The van der Waals surface area contributed by atoms with Crippen LogP contribution in [0.5, 0.6) is 0 Å². The zero-order valence-electron chi connectivity index (χ0n) is 10.3. The minimum absolute atomic E-state index is 0.0959. The Bertz CT molecular complexity index is 506. The molecule has 104 valence electrons. The van der Waals surface area contributed by atoms with Crippen molar-refractivity contribution in [3.8, 4) is 0 Å². The van der Waals surface area contributed by atoms with Crippen LogP contribution < -0.4 is 5.32 Å². The molecule has 0 saturated heterocycles. The van der Waals surface area contributed by atoms with Crippen LogP contribution in [0.3, 0.4) is 0 Å². The highest BCUT2D eigenvalue weighted by Gasteiger charge is 2.67. The molecule has 0 aromatic heterocycles. The molecule has 1 aromatic rings. The fourth-order valence-corrected chi connectivity index (χ4v) is 2.77. The van der Waals surface area contributed by atoms with Gasteiger partial charge in [0.1, 0.15) is 4.33 Å². The zero-order chi connectivity index (χ0) is 14.3. The molecular weight excluding hydrogens is 309 g/mol. The van der Waals surface area contributed by atoms with Gasteiger partial charge in [-0.15, -0.1) is 23.2 Å². The van der Waals surface area contributed by atoms with Crippen LogP contribution >= 0.6 is 34.8 Å². The Kier molecular flexibility index (Phi) is 4.03. The van der Waals surface area contributed by atoms with Crippen LogP contribution in [0, 0.1) is 5.41 Å². The summed E-state index contributed by atoms with van der Waals surface area (Å²) in [6.45, 7) is 1.80. The molecule has 0 aliphatic heterocycles. The molecule has 1 aliphatic carbocycles. The van der Waals surface area contributed by atoms with E-state index in [0.29, 0.717) is 17.0 Å². The van der Waals surface area contributed by atoms with E-state index in [0.717, 1.165) is 0 Å². The van der Waals surface area contributed by atoms with Crippen molar-refractivity contribution in [2.24, 2.45) is 5.41 Å². The van der Waals surface area contributed by atoms with Gasteiger partial charge in [0.15, 0.2) is 0 Å². The Morgan fingerprint density at radius 2 is 2.16 bits per heavy atom. The molecule has 1 fully saturated rings. The fraction of sp³-hybridized carbons (Fsp3) is 0.462. The number of alkyl halides is 2. The molecule has 6 heteroatoms. The van der Waals surface area contributed by atoms with Crippen molar-refractivity contribution in [1.82, 2.24) is 5.32 Å². The largest absolute Gasteiger partial charge is 0.387 e. The minimum Gasteiger partial charge on any atom is -0.387 e. The number of carbonyl (C=O) groups excluding carboxylic acids is 1. The van der Waals surface area contributed by atoms with Crippen LogP contribution in [-0.2, 0) is 4.79 Å². The number of hydrogen-bond donors (Lipinski definition) is 2. The first kappa shape index (κ1) is 14.9. The SMILES string of the molecule is C[C@@]1(C(=O)NC[C@@H](O)c2cccc(Cl)c2)CC1(Cl)Cl. The lowest BCUT2D eigenvalue weighted by Gasteiger charge is -2.16. The second kappa shape index (κ2) is 5.13. The molecule has 1 aliphatic rings. The lowest BCUT2D eigenvalue weighted by molar-refractivity contribution is -0.126. The van der Waals surface area contributed by atoms with Crippen molar-refractivity contribution in [2.45, 2.75) is 23.8 Å². The number of halogens is 3. The lowest BCUT2D eigenvalue weighted by atomic mass is 10.1. The maximum absolute atomic E-state index is 11.9. The molecule has 0 spiro atoms. The topological polar surface area (TPSA) is 49.3 Å². The number of nitrogens with one attached hydrogen (secondary N) is 1. The summed E-state index contributed by atoms with van der Waals surface area (Å²) >= 11 is 17.7. The summed E-state index contributed by atoms with van der Waals surface area (Å²) in [6.07, 6.45) is -0.396. The van der Waals surface area contributed by atoms with E-state index in [9.17, 15) is 9.90 Å². The molecule has 19 heavy (non-hydrogen) atoms. The molecule has 2 rings (SSSR count). The highest BCUT2D eigenvalue weighted by atomic mass is 35.5. The predicted octanol–water partition coefficient (Wildman–Crippen LogP) is 3.07. The van der Waals surface area contributed by atoms with Gasteiger partial charge in [0.2, 0.25) is 5.91 Å². The maximum atomic E-state index is 11.9. The molecule has 1 amide bonds. The van der Waals surface area contributed by atoms with Crippen molar-refractivity contribution in [1.29, 1.82) is 0 Å². The first-order chi connectivity index (χ1) is 8.76. The Balaban J connectivity index is 1.91. The molecule has 1 aromatic carbocycles. The van der Waals surface area contributed by atoms with Gasteiger partial charge >= 0.3 is 0 Å². The van der Waals surface area contributed by atoms with E-state index < -0.39 is 15.9 Å². The molecule has 0 heterocycles. The molecule has 0 unspecified atom stereocenters. The average molecular weight is 323 g/mol. The van der Waals surface area contributed by atoms with Crippen LogP contribution in [0.1, 0.15) is 25.0 Å². The number of aliphatic hydroxyl groups is 1. The molecule has 3 nitrogen and oxygen atoms in total. The van der Waals surface area contributed by atoms with Gasteiger partial charge < -0.3 is 10.4 Å². The van der Waals surface area contributed by atoms with Gasteiger partial charge in [-0.2, -0.15) is 0 Å². The lowest BCUT2D eigenvalue weighted by Crippen LogP contribution is -2.36. The normalized spacial score (nSPS) is 25.7. The summed E-state index contributed by atoms with van der Waals surface area (Å²) in [6, 6.07) is 6.87. The fourth-order valence-electron chi connectivity index (χ4n) is 1.86. The predicted molar refractivity (Wildman–Crippen MR) is 76.6 cm³/mol. The second-order valence-corrected chi connectivity index (χ2v) is 6.91. The van der Waals surface area contributed by atoms with Gasteiger partial charge in [-0.1, -0.05) is 23.7 Å². The summed E-state index contributed by atoms with van der Waals surface area (Å²) in [5, 5.41) is 13.2. The average Bonchev–Trinajstić information content (AvgIpc) is 2.86. The minimum atomic E-state index is -1.00. The van der Waals surface area contributed by atoms with Gasteiger partial charge in [-0.25, -0.2) is 0 Å². The summed E-state index contributed by atoms with van der Waals surface area (Å²) in [5.41, 5.74) is -0.124. The first-order valence-corrected chi connectivity index (χ1v) is 6.99. The van der Waals surface area contributed by atoms with Gasteiger partial charge in [0.05, 0.1) is 11.5 Å². The number of amides is 1. The van der Waals surface area contributed by atoms with Crippen molar-refractivity contribution < 1.29 is 9.90 Å². The van der Waals surface area contributed by atoms with E-state index in [4.69, 9.17) is 34.8 Å². The zero-order valence-corrected chi connectivity index (χ0v) is 12.6. The highest BCUT2D eigenvalue weighted by molar-refractivity contribution is 6.53. The Morgan fingerprint density at radius 3 is 2.68 bits per heavy atom. The molecule has 2 atom stereocenters. The Hall–Kier alpha value is -0.480. The van der Waals surface area contributed by atoms with E-state index in [1.165, 1.54) is 0 Å². The number of rotatable bonds is 4. The van der Waals surface area contributed by atoms with Gasteiger partial charge in [-0.3, -0.25) is 4.79 Å². The smallest absolute Gasteiger partial charge is 0.229 e. The Morgan fingerprint density at radius 1 is 1.53 bits per heavy atom. The monoisotopic (exact) mass is 321 g/mol. The van der Waals surface area contributed by atoms with Crippen LogP contribution in [0.15, 0.2) is 24.3 Å². The van der Waals surface area contributed by atoms with Gasteiger partial charge in [0.25, 0.3) is 0 Å². The third-order valence-electron chi connectivity index (χ3n) is 3.45. The highest BCUT2D eigenvalue weighted by Crippen LogP contribution is 2.63. The van der Waals surface area contributed by atoms with Gasteiger partial charge in [0, 0.05) is 11.6 Å². The first-order valence-electron chi connectivity index (χ1n) is 5.86. The van der Waals surface area contributed by atoms with Crippen LogP contribution in [0.2, 0.25) is 5.02 Å². The maximum Gasteiger partial charge on any atom is 0.229 e. The van der Waals surface area contributed by atoms with E-state index in [2.05, 4.69) is 5.32 Å². The third-order valence-corrected chi connectivity index (χ3v) is 4.78. The summed E-state index contributed by atoms with van der Waals surface area (Å²) in [4.78, 5) is 11.9. The number of carbonyl (C=O) groups is 1. The van der Waals surface area contributed by atoms with Crippen molar-refractivity contribution in [2.75, 3.05) is 6.54 Å². The van der Waals surface area contributed by atoms with E-state index in [1.807, 2.05) is 0 Å². The molecule has 2 N–H and O–H groups in total. The quantitative estimate of drug-likeness (QED) is 0.837. The van der Waals surface area contributed by atoms with E-state index in [1.54, 1.807) is 31.2 Å². The molecule has 0 radical (unpaired) electrons. The van der Waals surface area contributed by atoms with Crippen LogP contribution in [0.4, 0.5) is 0 Å². The second-order valence-electron chi connectivity index (χ2n) is 4.99. The van der Waals surface area contributed by atoms with Crippen molar-refractivity contribution in [3.63, 3.8) is 0 Å². The summed E-state index contributed by atoms with van der Waals surface area (Å²) in [5.74, 6) is -0.251. The molecule has 1 saturated carbocycles.